The maximum Gasteiger partial charge on any atom is 0.131 e. The van der Waals surface area contributed by atoms with Gasteiger partial charge in [0.1, 0.15) is 11.6 Å². The van der Waals surface area contributed by atoms with Crippen LogP contribution in [0.25, 0.3) is 0 Å². The molecule has 0 saturated carbocycles. The average molecular weight is 272 g/mol. The average Bonchev–Trinajstić information content (AvgIpc) is 2.36. The topological polar surface area (TPSA) is 52.9 Å². The van der Waals surface area contributed by atoms with Crippen LogP contribution < -0.4 is 5.32 Å². The van der Waals surface area contributed by atoms with E-state index in [0.717, 1.165) is 12.1 Å². The molecule has 0 aromatic heterocycles. The molecule has 1 rings (SSSR count). The van der Waals surface area contributed by atoms with Crippen molar-refractivity contribution in [3.63, 3.8) is 0 Å². The van der Waals surface area contributed by atoms with Crippen LogP contribution in [0.4, 0.5) is 8.78 Å². The van der Waals surface area contributed by atoms with E-state index in [0.29, 0.717) is 18.1 Å². The van der Waals surface area contributed by atoms with Gasteiger partial charge < -0.3 is 5.32 Å². The first-order valence-corrected chi connectivity index (χ1v) is 7.01. The summed E-state index contributed by atoms with van der Waals surface area (Å²) in [4.78, 5) is 0. The summed E-state index contributed by atoms with van der Waals surface area (Å²) in [5.74, 6) is -0.455. The second kappa shape index (κ2) is 7.19. The smallest absolute Gasteiger partial charge is 0.131 e. The summed E-state index contributed by atoms with van der Waals surface area (Å²) in [6.45, 7) is 2.26. The molecule has 3 nitrogen and oxygen atoms in total. The third-order valence-electron chi connectivity index (χ3n) is 2.40. The monoisotopic (exact) mass is 272 g/mol. The van der Waals surface area contributed by atoms with Gasteiger partial charge in [0.2, 0.25) is 0 Å². The lowest BCUT2D eigenvalue weighted by atomic mass is 10.1. The Labute approximate surface area is 107 Å². The molecule has 1 N–H and O–H groups in total. The molecule has 1 aromatic carbocycles. The van der Waals surface area contributed by atoms with Crippen LogP contribution in [0.2, 0.25) is 0 Å². The quantitative estimate of drug-likeness (QED) is 0.802. The van der Waals surface area contributed by atoms with Crippen molar-refractivity contribution in [3.05, 3.63) is 34.9 Å². The van der Waals surface area contributed by atoms with Gasteiger partial charge in [-0.05, 0) is 12.1 Å². The summed E-state index contributed by atoms with van der Waals surface area (Å²) in [6.07, 6.45) is 0. The van der Waals surface area contributed by atoms with Crippen molar-refractivity contribution in [1.82, 2.24) is 5.32 Å². The van der Waals surface area contributed by atoms with Crippen molar-refractivity contribution in [1.29, 1.82) is 5.26 Å². The molecule has 0 aliphatic carbocycles. The lowest BCUT2D eigenvalue weighted by Crippen LogP contribution is -2.22. The number of halogens is 2. The van der Waals surface area contributed by atoms with E-state index in [2.05, 4.69) is 5.32 Å². The Balaban J connectivity index is 2.58. The predicted octanol–water partition coefficient (Wildman–Crippen LogP) is 1.69. The van der Waals surface area contributed by atoms with Crippen LogP contribution in [-0.4, -0.2) is 22.3 Å². The number of benzene rings is 1. The molecule has 0 radical (unpaired) electrons. The van der Waals surface area contributed by atoms with Crippen LogP contribution in [0.15, 0.2) is 12.1 Å². The summed E-state index contributed by atoms with van der Waals surface area (Å²) < 4.78 is 38.0. The van der Waals surface area contributed by atoms with Gasteiger partial charge in [-0.2, -0.15) is 5.26 Å². The highest BCUT2D eigenvalue weighted by molar-refractivity contribution is 7.84. The fraction of sp³-hybridized carbons (Fsp3) is 0.417. The third kappa shape index (κ3) is 4.17. The lowest BCUT2D eigenvalue weighted by Gasteiger charge is -2.07. The summed E-state index contributed by atoms with van der Waals surface area (Å²) >= 11 is 0. The second-order valence-electron chi connectivity index (χ2n) is 3.64. The molecule has 1 unspecified atom stereocenters. The molecule has 98 valence electrons. The Hall–Kier alpha value is -1.32. The second-order valence-corrected chi connectivity index (χ2v) is 5.50. The van der Waals surface area contributed by atoms with Crippen molar-refractivity contribution in [2.75, 3.05) is 18.1 Å². The van der Waals surface area contributed by atoms with Gasteiger partial charge in [-0.1, -0.05) is 6.92 Å². The maximum atomic E-state index is 13.5. The first-order chi connectivity index (χ1) is 8.58. The van der Waals surface area contributed by atoms with E-state index in [9.17, 15) is 13.0 Å². The molecule has 0 spiro atoms. The molecule has 0 amide bonds. The molecular weight excluding hydrogens is 258 g/mol. The highest BCUT2D eigenvalue weighted by Crippen LogP contribution is 2.14. The first kappa shape index (κ1) is 14.7. The molecule has 1 atom stereocenters. The van der Waals surface area contributed by atoms with Gasteiger partial charge in [-0.15, -0.1) is 0 Å². The van der Waals surface area contributed by atoms with Crippen molar-refractivity contribution in [2.45, 2.75) is 13.5 Å². The number of nitrogens with zero attached hydrogens (tertiary/aromatic N) is 1. The van der Waals surface area contributed by atoms with Gasteiger partial charge in [0.05, 0.1) is 11.6 Å². The molecule has 0 bridgehead atoms. The van der Waals surface area contributed by atoms with E-state index in [1.54, 1.807) is 6.07 Å². The number of rotatable bonds is 6. The van der Waals surface area contributed by atoms with Crippen molar-refractivity contribution < 1.29 is 13.0 Å². The Bertz CT molecular complexity index is 462. The normalized spacial score (nSPS) is 12.1. The van der Waals surface area contributed by atoms with Gasteiger partial charge >= 0.3 is 0 Å². The van der Waals surface area contributed by atoms with Crippen LogP contribution in [0.3, 0.4) is 0 Å². The number of hydrogen-bond donors (Lipinski definition) is 1. The minimum Gasteiger partial charge on any atom is -0.312 e. The zero-order valence-electron chi connectivity index (χ0n) is 10.0. The maximum absolute atomic E-state index is 13.5. The number of nitriles is 1. The fourth-order valence-corrected chi connectivity index (χ4v) is 2.04. The van der Waals surface area contributed by atoms with E-state index in [4.69, 9.17) is 5.26 Å². The van der Waals surface area contributed by atoms with Crippen LogP contribution in [0.5, 0.6) is 0 Å². The van der Waals surface area contributed by atoms with Gasteiger partial charge in [0, 0.05) is 41.0 Å². The first-order valence-electron chi connectivity index (χ1n) is 5.52. The molecule has 0 aliphatic heterocycles. The standard InChI is InChI=1S/C12H14F2N2OS/c1-2-18(17)4-3-16-8-10-11(13)5-9(7-15)6-12(10)14/h5-6,16H,2-4,8H2,1H3. The molecule has 0 fully saturated rings. The Morgan fingerprint density at radius 3 is 2.50 bits per heavy atom. The fourth-order valence-electron chi connectivity index (χ4n) is 1.38. The zero-order valence-corrected chi connectivity index (χ0v) is 10.8. The van der Waals surface area contributed by atoms with Crippen LogP contribution in [0, 0.1) is 23.0 Å². The minimum absolute atomic E-state index is 0.0181. The Morgan fingerprint density at radius 2 is 2.00 bits per heavy atom. The molecule has 1 aromatic rings. The van der Waals surface area contributed by atoms with Gasteiger partial charge in [0.25, 0.3) is 0 Å². The van der Waals surface area contributed by atoms with E-state index >= 15 is 0 Å². The summed E-state index contributed by atoms with van der Waals surface area (Å²) in [5.41, 5.74) is -0.142. The summed E-state index contributed by atoms with van der Waals surface area (Å²) in [5, 5.41) is 11.4. The molecule has 0 saturated heterocycles. The van der Waals surface area contributed by atoms with Crippen molar-refractivity contribution >= 4 is 10.8 Å². The van der Waals surface area contributed by atoms with E-state index < -0.39 is 22.4 Å². The molecule has 0 aliphatic rings. The minimum atomic E-state index is -0.894. The highest BCUT2D eigenvalue weighted by atomic mass is 32.2. The molecular formula is C12H14F2N2OS. The Kier molecular flexibility index (Phi) is 5.89. The van der Waals surface area contributed by atoms with Gasteiger partial charge in [0.15, 0.2) is 0 Å². The van der Waals surface area contributed by atoms with Crippen molar-refractivity contribution in [2.24, 2.45) is 0 Å². The largest absolute Gasteiger partial charge is 0.312 e. The molecule has 6 heteroatoms. The predicted molar refractivity (Wildman–Crippen MR) is 66.3 cm³/mol. The van der Waals surface area contributed by atoms with Crippen molar-refractivity contribution in [3.8, 4) is 6.07 Å². The van der Waals surface area contributed by atoms with E-state index in [-0.39, 0.29) is 17.7 Å². The molecule has 0 heterocycles. The SMILES string of the molecule is CCS(=O)CCNCc1c(F)cc(C#N)cc1F. The number of hydrogen-bond acceptors (Lipinski definition) is 3. The van der Waals surface area contributed by atoms with Crippen LogP contribution in [0.1, 0.15) is 18.1 Å². The van der Waals surface area contributed by atoms with Crippen LogP contribution in [-0.2, 0) is 17.3 Å². The zero-order chi connectivity index (χ0) is 13.5. The lowest BCUT2D eigenvalue weighted by molar-refractivity contribution is 0.539. The highest BCUT2D eigenvalue weighted by Gasteiger charge is 2.10. The number of nitrogens with one attached hydrogen (secondary N) is 1. The van der Waals surface area contributed by atoms with Gasteiger partial charge in [-0.25, -0.2) is 8.78 Å². The van der Waals surface area contributed by atoms with Crippen LogP contribution >= 0.6 is 0 Å². The third-order valence-corrected chi connectivity index (χ3v) is 3.70. The van der Waals surface area contributed by atoms with Gasteiger partial charge in [-0.3, -0.25) is 4.21 Å². The summed E-state index contributed by atoms with van der Waals surface area (Å²) in [7, 11) is -0.894. The van der Waals surface area contributed by atoms with E-state index in [1.807, 2.05) is 6.92 Å². The Morgan fingerprint density at radius 1 is 1.39 bits per heavy atom. The summed E-state index contributed by atoms with van der Waals surface area (Å²) in [6, 6.07) is 3.69. The molecule has 18 heavy (non-hydrogen) atoms. The van der Waals surface area contributed by atoms with E-state index in [1.165, 1.54) is 0 Å².